The van der Waals surface area contributed by atoms with Crippen molar-refractivity contribution in [3.8, 4) is 0 Å². The van der Waals surface area contributed by atoms with Crippen molar-refractivity contribution >= 4 is 27.3 Å². The number of ketones is 1. The summed E-state index contributed by atoms with van der Waals surface area (Å²) in [4.78, 5) is 16.7. The number of nitrogens with zero attached hydrogens (tertiary/aromatic N) is 2. The summed E-state index contributed by atoms with van der Waals surface area (Å²) in [5.74, 6) is -0.391. The first kappa shape index (κ1) is 8.02. The highest BCUT2D eigenvalue weighted by molar-refractivity contribution is 8.01. The fraction of sp³-hybridized carbons (Fsp3) is 0.250. The molecule has 0 amide bonds. The van der Waals surface area contributed by atoms with Gasteiger partial charge in [-0.25, -0.2) is 9.98 Å². The van der Waals surface area contributed by atoms with Crippen molar-refractivity contribution in [3.05, 3.63) is 0 Å². The molecule has 1 aliphatic rings. The van der Waals surface area contributed by atoms with Crippen LogP contribution in [-0.4, -0.2) is 36.7 Å². The maximum atomic E-state index is 10.4. The van der Waals surface area contributed by atoms with E-state index in [1.165, 1.54) is 0 Å². The summed E-state index contributed by atoms with van der Waals surface area (Å²) in [5.41, 5.74) is 0. The van der Waals surface area contributed by atoms with E-state index < -0.39 is 21.1 Å². The first-order valence-corrected chi connectivity index (χ1v) is 4.03. The first-order chi connectivity index (χ1) is 5.00. The molecular weight excluding hydrogens is 172 g/mol. The van der Waals surface area contributed by atoms with Gasteiger partial charge in [-0.05, 0) is 0 Å². The average molecular weight is 176 g/mol. The molecule has 1 aliphatic heterocycles. The average Bonchev–Trinajstić information content (AvgIpc) is 1.86. The third-order valence-corrected chi connectivity index (χ3v) is 1.62. The van der Waals surface area contributed by atoms with Crippen LogP contribution >= 0.6 is 0 Å². The number of amidine groups is 1. The van der Waals surface area contributed by atoms with Gasteiger partial charge in [-0.3, -0.25) is 9.35 Å². The molecule has 0 aromatic heterocycles. The van der Waals surface area contributed by atoms with E-state index in [2.05, 4.69) is 9.98 Å². The van der Waals surface area contributed by atoms with Crippen LogP contribution in [0.5, 0.6) is 0 Å². The van der Waals surface area contributed by atoms with Crippen molar-refractivity contribution < 1.29 is 17.8 Å². The zero-order chi connectivity index (χ0) is 8.48. The Morgan fingerprint density at radius 1 is 1.55 bits per heavy atom. The molecule has 0 spiro atoms. The van der Waals surface area contributed by atoms with Crippen molar-refractivity contribution in [2.45, 2.75) is 0 Å². The fourth-order valence-corrected chi connectivity index (χ4v) is 0.916. The van der Waals surface area contributed by atoms with Crippen LogP contribution in [0.2, 0.25) is 0 Å². The molecule has 0 bridgehead atoms. The van der Waals surface area contributed by atoms with Crippen LogP contribution in [0.3, 0.4) is 0 Å². The van der Waals surface area contributed by atoms with E-state index >= 15 is 0 Å². The van der Waals surface area contributed by atoms with Gasteiger partial charge in [0.1, 0.15) is 6.54 Å². The molecule has 0 aromatic carbocycles. The number of aliphatic imine (C=N–C) groups is 2. The Labute approximate surface area is 62.4 Å². The van der Waals surface area contributed by atoms with Gasteiger partial charge in [0.15, 0.2) is 5.78 Å². The van der Waals surface area contributed by atoms with Gasteiger partial charge in [-0.1, -0.05) is 0 Å². The van der Waals surface area contributed by atoms with Gasteiger partial charge in [0.25, 0.3) is 5.17 Å². The summed E-state index contributed by atoms with van der Waals surface area (Å²) in [7, 11) is -4.35. The van der Waals surface area contributed by atoms with Gasteiger partial charge < -0.3 is 0 Å². The van der Waals surface area contributed by atoms with Crippen LogP contribution in [0.1, 0.15) is 0 Å². The Kier molecular flexibility index (Phi) is 1.83. The monoisotopic (exact) mass is 176 g/mol. The van der Waals surface area contributed by atoms with Crippen LogP contribution in [0.4, 0.5) is 0 Å². The second-order valence-electron chi connectivity index (χ2n) is 1.80. The maximum Gasteiger partial charge on any atom is 0.330 e. The van der Waals surface area contributed by atoms with Crippen molar-refractivity contribution in [1.82, 2.24) is 0 Å². The predicted molar refractivity (Wildman–Crippen MR) is 37.3 cm³/mol. The summed E-state index contributed by atoms with van der Waals surface area (Å²) in [6.07, 6.45) is 0.816. The zero-order valence-electron chi connectivity index (χ0n) is 5.26. The fourth-order valence-electron chi connectivity index (χ4n) is 0.503. The van der Waals surface area contributed by atoms with Crippen LogP contribution in [0.25, 0.3) is 0 Å². The van der Waals surface area contributed by atoms with E-state index in [9.17, 15) is 13.2 Å². The van der Waals surface area contributed by atoms with E-state index in [4.69, 9.17) is 4.55 Å². The lowest BCUT2D eigenvalue weighted by Gasteiger charge is -1.99. The van der Waals surface area contributed by atoms with E-state index in [0.717, 1.165) is 6.21 Å². The Morgan fingerprint density at radius 3 is 2.55 bits per heavy atom. The quantitative estimate of drug-likeness (QED) is 0.473. The van der Waals surface area contributed by atoms with Crippen molar-refractivity contribution in [1.29, 1.82) is 0 Å². The van der Waals surface area contributed by atoms with E-state index in [1.54, 1.807) is 0 Å². The Bertz CT molecular complexity index is 339. The number of rotatable bonds is 0. The maximum absolute atomic E-state index is 10.4. The molecule has 0 fully saturated rings. The van der Waals surface area contributed by atoms with Crippen LogP contribution in [0.15, 0.2) is 9.98 Å². The molecule has 11 heavy (non-hydrogen) atoms. The second-order valence-corrected chi connectivity index (χ2v) is 3.11. The molecule has 0 unspecified atom stereocenters. The van der Waals surface area contributed by atoms with Crippen LogP contribution in [0, 0.1) is 0 Å². The standard InChI is InChI=1S/C4H4N2O4S/c7-3-1-5-4(6-2-3)11(8,9)10/h1H,2H2,(H,8,9,10). The van der Waals surface area contributed by atoms with Gasteiger partial charge in [-0.15, -0.1) is 0 Å². The highest BCUT2D eigenvalue weighted by Gasteiger charge is 2.17. The molecular formula is C4H4N2O4S. The van der Waals surface area contributed by atoms with Crippen molar-refractivity contribution in [2.24, 2.45) is 9.98 Å². The number of carbonyl (C=O) groups is 1. The Morgan fingerprint density at radius 2 is 2.18 bits per heavy atom. The molecule has 1 heterocycles. The van der Waals surface area contributed by atoms with Gasteiger partial charge in [0.2, 0.25) is 0 Å². The van der Waals surface area contributed by atoms with Gasteiger partial charge in [-0.2, -0.15) is 8.42 Å². The zero-order valence-corrected chi connectivity index (χ0v) is 6.08. The van der Waals surface area contributed by atoms with Gasteiger partial charge in [0.05, 0.1) is 6.21 Å². The lowest BCUT2D eigenvalue weighted by Crippen LogP contribution is -2.19. The molecule has 7 heteroatoms. The molecule has 0 aromatic rings. The first-order valence-electron chi connectivity index (χ1n) is 2.59. The number of hydrogen-bond acceptors (Lipinski definition) is 5. The third kappa shape index (κ3) is 1.92. The minimum absolute atomic E-state index is 0.279. The molecule has 0 saturated heterocycles. The second kappa shape index (κ2) is 2.51. The SMILES string of the molecule is O=C1C=NC(S(=O)(=O)O)=NC1. The number of Topliss-reactive ketones (excluding diaryl/α,β-unsaturated/α-hetero) is 1. The molecule has 0 radical (unpaired) electrons. The van der Waals surface area contributed by atoms with Crippen LogP contribution < -0.4 is 0 Å². The molecule has 0 saturated carbocycles. The Balaban J connectivity index is 2.97. The van der Waals surface area contributed by atoms with E-state index in [1.807, 2.05) is 0 Å². The topological polar surface area (TPSA) is 96.2 Å². The van der Waals surface area contributed by atoms with E-state index in [0.29, 0.717) is 0 Å². The largest absolute Gasteiger partial charge is 0.330 e. The van der Waals surface area contributed by atoms with E-state index in [-0.39, 0.29) is 6.54 Å². The third-order valence-electron chi connectivity index (χ3n) is 0.920. The van der Waals surface area contributed by atoms with Gasteiger partial charge >= 0.3 is 10.1 Å². The predicted octanol–water partition coefficient (Wildman–Crippen LogP) is -1.12. The summed E-state index contributed by atoms with van der Waals surface area (Å²) in [6, 6.07) is 0. The van der Waals surface area contributed by atoms with Crippen LogP contribution in [-0.2, 0) is 14.9 Å². The van der Waals surface area contributed by atoms with Crippen molar-refractivity contribution in [3.63, 3.8) is 0 Å². The molecule has 0 atom stereocenters. The molecule has 1 rings (SSSR count). The summed E-state index contributed by atoms with van der Waals surface area (Å²) >= 11 is 0. The molecule has 60 valence electrons. The summed E-state index contributed by atoms with van der Waals surface area (Å²) in [6.45, 7) is -0.279. The minimum atomic E-state index is -4.35. The number of hydrogen-bond donors (Lipinski definition) is 1. The molecule has 0 aliphatic carbocycles. The molecule has 1 N–H and O–H groups in total. The van der Waals surface area contributed by atoms with Gasteiger partial charge in [0, 0.05) is 0 Å². The minimum Gasteiger partial charge on any atom is -0.291 e. The highest BCUT2D eigenvalue weighted by atomic mass is 32.2. The summed E-state index contributed by atoms with van der Waals surface area (Å²) in [5, 5.41) is -0.711. The van der Waals surface area contributed by atoms with Crippen molar-refractivity contribution in [2.75, 3.05) is 6.54 Å². The lowest BCUT2D eigenvalue weighted by atomic mass is 10.4. The lowest BCUT2D eigenvalue weighted by molar-refractivity contribution is -0.111. The number of carbonyl (C=O) groups excluding carboxylic acids is 1. The smallest absolute Gasteiger partial charge is 0.291 e. The highest BCUT2D eigenvalue weighted by Crippen LogP contribution is 1.95. The summed E-state index contributed by atoms with van der Waals surface area (Å²) < 4.78 is 28.9. The molecule has 6 nitrogen and oxygen atoms in total. The normalized spacial score (nSPS) is 18.3. The Hall–Kier alpha value is -1.08.